The number of carbonyl (C=O) groups is 1. The van der Waals surface area contributed by atoms with Crippen LogP contribution in [0.1, 0.15) is 20.3 Å². The molecule has 70 valence electrons. The molecule has 0 spiro atoms. The third kappa shape index (κ3) is 1.78. The van der Waals surface area contributed by atoms with Crippen molar-refractivity contribution in [3.63, 3.8) is 0 Å². The van der Waals surface area contributed by atoms with E-state index in [9.17, 15) is 4.79 Å². The van der Waals surface area contributed by atoms with Crippen molar-refractivity contribution < 1.29 is 9.90 Å². The largest absolute Gasteiger partial charge is 0.481 e. The van der Waals surface area contributed by atoms with Gasteiger partial charge in [-0.25, -0.2) is 0 Å². The molecule has 12 heavy (non-hydrogen) atoms. The summed E-state index contributed by atoms with van der Waals surface area (Å²) in [6.07, 6.45) is 1.02. The van der Waals surface area contributed by atoms with Gasteiger partial charge in [0.05, 0.1) is 5.92 Å². The molecule has 0 radical (unpaired) electrons. The van der Waals surface area contributed by atoms with Gasteiger partial charge in [-0.15, -0.1) is 0 Å². The van der Waals surface area contributed by atoms with Gasteiger partial charge in [-0.1, -0.05) is 6.92 Å². The second kappa shape index (κ2) is 3.44. The Labute approximate surface area is 73.4 Å². The van der Waals surface area contributed by atoms with E-state index in [0.717, 1.165) is 13.0 Å². The summed E-state index contributed by atoms with van der Waals surface area (Å²) < 4.78 is 0. The van der Waals surface area contributed by atoms with Crippen molar-refractivity contribution in [3.05, 3.63) is 0 Å². The zero-order valence-corrected chi connectivity index (χ0v) is 7.95. The minimum atomic E-state index is -0.664. The Morgan fingerprint density at radius 3 is 2.58 bits per heavy atom. The van der Waals surface area contributed by atoms with E-state index >= 15 is 0 Å². The number of hydrogen-bond acceptors (Lipinski definition) is 2. The maximum atomic E-state index is 10.7. The predicted octanol–water partition coefficient (Wildman–Crippen LogP) is 1.05. The van der Waals surface area contributed by atoms with Crippen LogP contribution in [0.25, 0.3) is 0 Å². The minimum Gasteiger partial charge on any atom is -0.481 e. The molecule has 0 aliphatic carbocycles. The van der Waals surface area contributed by atoms with Crippen molar-refractivity contribution in [2.75, 3.05) is 13.6 Å². The van der Waals surface area contributed by atoms with Gasteiger partial charge in [-0.3, -0.25) is 4.79 Å². The standard InChI is InChI=1S/C9H17NO2/c1-6-4-8(5-10(6)3)7(2)9(11)12/h6-8H,4-5H2,1-3H3,(H,11,12). The number of rotatable bonds is 2. The Kier molecular flexibility index (Phi) is 2.73. The Balaban J connectivity index is 2.51. The van der Waals surface area contributed by atoms with E-state index in [1.165, 1.54) is 0 Å². The van der Waals surface area contributed by atoms with Gasteiger partial charge in [0.15, 0.2) is 0 Å². The molecular weight excluding hydrogens is 154 g/mol. The maximum absolute atomic E-state index is 10.7. The van der Waals surface area contributed by atoms with Gasteiger partial charge < -0.3 is 10.0 Å². The van der Waals surface area contributed by atoms with Crippen LogP contribution in [0.4, 0.5) is 0 Å². The van der Waals surface area contributed by atoms with Crippen LogP contribution in [0, 0.1) is 11.8 Å². The normalized spacial score (nSPS) is 33.6. The molecule has 1 rings (SSSR count). The van der Waals surface area contributed by atoms with E-state index in [-0.39, 0.29) is 5.92 Å². The number of nitrogens with zero attached hydrogens (tertiary/aromatic N) is 1. The highest BCUT2D eigenvalue weighted by Crippen LogP contribution is 2.27. The highest BCUT2D eigenvalue weighted by molar-refractivity contribution is 5.69. The lowest BCUT2D eigenvalue weighted by Gasteiger charge is -2.14. The number of aliphatic carboxylic acids is 1. The van der Waals surface area contributed by atoms with Crippen molar-refractivity contribution in [2.24, 2.45) is 11.8 Å². The summed E-state index contributed by atoms with van der Waals surface area (Å²) in [5.74, 6) is -0.526. The quantitative estimate of drug-likeness (QED) is 0.675. The molecule has 3 atom stereocenters. The maximum Gasteiger partial charge on any atom is 0.306 e. The van der Waals surface area contributed by atoms with E-state index in [1.807, 2.05) is 0 Å². The molecule has 1 heterocycles. The summed E-state index contributed by atoms with van der Waals surface area (Å²) >= 11 is 0. The highest BCUT2D eigenvalue weighted by atomic mass is 16.4. The lowest BCUT2D eigenvalue weighted by Crippen LogP contribution is -2.24. The molecule has 0 aromatic rings. The van der Waals surface area contributed by atoms with Crippen molar-refractivity contribution in [1.29, 1.82) is 0 Å². The molecule has 1 aliphatic heterocycles. The molecular formula is C9H17NO2. The van der Waals surface area contributed by atoms with Crippen LogP contribution in [0.15, 0.2) is 0 Å². The van der Waals surface area contributed by atoms with Crippen molar-refractivity contribution in [3.8, 4) is 0 Å². The zero-order chi connectivity index (χ0) is 9.30. The summed E-state index contributed by atoms with van der Waals surface area (Å²) in [5, 5.41) is 8.80. The molecule has 3 nitrogen and oxygen atoms in total. The summed E-state index contributed by atoms with van der Waals surface area (Å²) in [7, 11) is 2.05. The lowest BCUT2D eigenvalue weighted by molar-refractivity contribution is -0.142. The van der Waals surface area contributed by atoms with Crippen LogP contribution in [-0.4, -0.2) is 35.6 Å². The Hall–Kier alpha value is -0.570. The van der Waals surface area contributed by atoms with E-state index in [1.54, 1.807) is 6.92 Å². The zero-order valence-electron chi connectivity index (χ0n) is 7.95. The molecule has 0 aromatic carbocycles. The van der Waals surface area contributed by atoms with Gasteiger partial charge >= 0.3 is 5.97 Å². The van der Waals surface area contributed by atoms with E-state index in [0.29, 0.717) is 12.0 Å². The Morgan fingerprint density at radius 1 is 1.67 bits per heavy atom. The SMILES string of the molecule is CC(C(=O)O)C1CC(C)N(C)C1. The summed E-state index contributed by atoms with van der Waals surface area (Å²) in [5.41, 5.74) is 0. The average molecular weight is 171 g/mol. The van der Waals surface area contributed by atoms with Crippen molar-refractivity contribution >= 4 is 5.97 Å². The van der Waals surface area contributed by atoms with Crippen LogP contribution in [0.5, 0.6) is 0 Å². The van der Waals surface area contributed by atoms with E-state index in [4.69, 9.17) is 5.11 Å². The van der Waals surface area contributed by atoms with Crippen LogP contribution in [0.3, 0.4) is 0 Å². The van der Waals surface area contributed by atoms with Crippen LogP contribution in [-0.2, 0) is 4.79 Å². The molecule has 3 unspecified atom stereocenters. The second-order valence-electron chi connectivity index (χ2n) is 3.91. The number of carboxylic acids is 1. The number of likely N-dealkylation sites (tertiary alicyclic amines) is 1. The predicted molar refractivity (Wildman–Crippen MR) is 47.0 cm³/mol. The first-order valence-corrected chi connectivity index (χ1v) is 4.45. The number of carboxylic acid groups (broad SMARTS) is 1. The van der Waals surface area contributed by atoms with Crippen LogP contribution < -0.4 is 0 Å². The topological polar surface area (TPSA) is 40.5 Å². The first-order chi connectivity index (χ1) is 5.52. The first-order valence-electron chi connectivity index (χ1n) is 4.45. The van der Waals surface area contributed by atoms with Gasteiger partial charge in [0.25, 0.3) is 0 Å². The summed E-state index contributed by atoms with van der Waals surface area (Å²) in [4.78, 5) is 12.9. The fourth-order valence-corrected chi connectivity index (χ4v) is 1.81. The van der Waals surface area contributed by atoms with E-state index < -0.39 is 5.97 Å². The molecule has 1 aliphatic rings. The molecule has 3 heteroatoms. The Bertz CT molecular complexity index is 171. The fraction of sp³-hybridized carbons (Fsp3) is 0.889. The third-order valence-electron chi connectivity index (χ3n) is 3.02. The fourth-order valence-electron chi connectivity index (χ4n) is 1.81. The van der Waals surface area contributed by atoms with Gasteiger partial charge in [0, 0.05) is 12.6 Å². The summed E-state index contributed by atoms with van der Waals surface area (Å²) in [6, 6.07) is 0.539. The third-order valence-corrected chi connectivity index (χ3v) is 3.02. The second-order valence-corrected chi connectivity index (χ2v) is 3.91. The van der Waals surface area contributed by atoms with Crippen molar-refractivity contribution in [1.82, 2.24) is 4.90 Å². The molecule has 0 saturated carbocycles. The smallest absolute Gasteiger partial charge is 0.306 e. The monoisotopic (exact) mass is 171 g/mol. The molecule has 0 amide bonds. The average Bonchev–Trinajstić information content (AvgIpc) is 2.30. The van der Waals surface area contributed by atoms with Crippen LogP contribution >= 0.6 is 0 Å². The molecule has 0 aromatic heterocycles. The molecule has 1 fully saturated rings. The first kappa shape index (κ1) is 9.52. The van der Waals surface area contributed by atoms with Gasteiger partial charge in [-0.05, 0) is 26.3 Å². The molecule has 0 bridgehead atoms. The van der Waals surface area contributed by atoms with Crippen LogP contribution in [0.2, 0.25) is 0 Å². The number of hydrogen-bond donors (Lipinski definition) is 1. The minimum absolute atomic E-state index is 0.197. The lowest BCUT2D eigenvalue weighted by atomic mass is 9.92. The van der Waals surface area contributed by atoms with Crippen molar-refractivity contribution in [2.45, 2.75) is 26.3 Å². The Morgan fingerprint density at radius 2 is 2.25 bits per heavy atom. The van der Waals surface area contributed by atoms with Gasteiger partial charge in [-0.2, -0.15) is 0 Å². The molecule has 1 N–H and O–H groups in total. The molecule has 1 saturated heterocycles. The highest BCUT2D eigenvalue weighted by Gasteiger charge is 2.32. The van der Waals surface area contributed by atoms with E-state index in [2.05, 4.69) is 18.9 Å². The summed E-state index contributed by atoms with van der Waals surface area (Å²) in [6.45, 7) is 4.88. The van der Waals surface area contributed by atoms with Gasteiger partial charge in [0.2, 0.25) is 0 Å². The van der Waals surface area contributed by atoms with Gasteiger partial charge in [0.1, 0.15) is 0 Å².